The highest BCUT2D eigenvalue weighted by Gasteiger charge is 2.15. The van der Waals surface area contributed by atoms with Crippen molar-refractivity contribution in [3.63, 3.8) is 0 Å². The second kappa shape index (κ2) is 5.70. The predicted molar refractivity (Wildman–Crippen MR) is 60.9 cm³/mol. The summed E-state index contributed by atoms with van der Waals surface area (Å²) in [6.07, 6.45) is 0. The standard InChI is InChI=1S/C11H13ClFNO2/c1-7(2)6-16-9-5-3-4-8(13)10(9)11(12)14-15/h3-5,7,15H,6H2,1-2H3. The van der Waals surface area contributed by atoms with Gasteiger partial charge in [-0.3, -0.25) is 0 Å². The van der Waals surface area contributed by atoms with Gasteiger partial charge >= 0.3 is 0 Å². The van der Waals surface area contributed by atoms with Crippen LogP contribution in [0.4, 0.5) is 4.39 Å². The zero-order valence-electron chi connectivity index (χ0n) is 9.08. The molecule has 3 nitrogen and oxygen atoms in total. The molecule has 1 aromatic rings. The second-order valence-electron chi connectivity index (χ2n) is 3.71. The molecule has 0 fully saturated rings. The van der Waals surface area contributed by atoms with Crippen molar-refractivity contribution in [3.8, 4) is 5.75 Å². The summed E-state index contributed by atoms with van der Waals surface area (Å²) < 4.78 is 18.8. The first-order valence-corrected chi connectivity index (χ1v) is 5.23. The molecule has 0 saturated carbocycles. The van der Waals surface area contributed by atoms with Gasteiger partial charge in [-0.1, -0.05) is 36.7 Å². The van der Waals surface area contributed by atoms with Gasteiger partial charge < -0.3 is 9.94 Å². The fraction of sp³-hybridized carbons (Fsp3) is 0.364. The molecule has 0 amide bonds. The maximum absolute atomic E-state index is 13.5. The Kier molecular flexibility index (Phi) is 4.55. The van der Waals surface area contributed by atoms with Crippen molar-refractivity contribution >= 4 is 16.8 Å². The van der Waals surface area contributed by atoms with Gasteiger partial charge in [0.25, 0.3) is 0 Å². The average molecular weight is 246 g/mol. The lowest BCUT2D eigenvalue weighted by atomic mass is 10.2. The summed E-state index contributed by atoms with van der Waals surface area (Å²) in [6.45, 7) is 4.38. The lowest BCUT2D eigenvalue weighted by molar-refractivity contribution is 0.269. The normalized spacial score (nSPS) is 11.9. The van der Waals surface area contributed by atoms with Crippen LogP contribution in [0.25, 0.3) is 0 Å². The highest BCUT2D eigenvalue weighted by molar-refractivity contribution is 6.69. The fourth-order valence-corrected chi connectivity index (χ4v) is 1.31. The van der Waals surface area contributed by atoms with Crippen LogP contribution in [-0.2, 0) is 0 Å². The van der Waals surface area contributed by atoms with E-state index in [2.05, 4.69) is 5.16 Å². The zero-order valence-corrected chi connectivity index (χ0v) is 9.83. The Hall–Kier alpha value is -1.29. The minimum Gasteiger partial charge on any atom is -0.492 e. The smallest absolute Gasteiger partial charge is 0.182 e. The van der Waals surface area contributed by atoms with E-state index in [1.165, 1.54) is 12.1 Å². The summed E-state index contributed by atoms with van der Waals surface area (Å²) in [7, 11) is 0. The molecule has 0 aliphatic heterocycles. The number of halogens is 2. The van der Waals surface area contributed by atoms with E-state index in [1.54, 1.807) is 6.07 Å². The minimum atomic E-state index is -0.580. The lowest BCUT2D eigenvalue weighted by Gasteiger charge is -2.12. The monoisotopic (exact) mass is 245 g/mol. The maximum atomic E-state index is 13.5. The van der Waals surface area contributed by atoms with E-state index in [-0.39, 0.29) is 16.5 Å². The summed E-state index contributed by atoms with van der Waals surface area (Å²) in [5.74, 6) is 0.00140. The van der Waals surface area contributed by atoms with E-state index in [9.17, 15) is 4.39 Å². The van der Waals surface area contributed by atoms with Crippen LogP contribution in [0.3, 0.4) is 0 Å². The van der Waals surface area contributed by atoms with Gasteiger partial charge in [0.15, 0.2) is 5.17 Å². The SMILES string of the molecule is CC(C)COc1cccc(F)c1C(Cl)=NO. The largest absolute Gasteiger partial charge is 0.492 e. The Morgan fingerprint density at radius 3 is 2.81 bits per heavy atom. The first kappa shape index (κ1) is 12.8. The van der Waals surface area contributed by atoms with Crippen molar-refractivity contribution in [1.82, 2.24) is 0 Å². The summed E-state index contributed by atoms with van der Waals surface area (Å²) in [5.41, 5.74) is -0.0210. The number of ether oxygens (including phenoxy) is 1. The molecular weight excluding hydrogens is 233 g/mol. The third-order valence-electron chi connectivity index (χ3n) is 1.84. The van der Waals surface area contributed by atoms with Gasteiger partial charge in [-0.2, -0.15) is 0 Å². The van der Waals surface area contributed by atoms with Crippen LogP contribution >= 0.6 is 11.6 Å². The molecule has 0 spiro atoms. The van der Waals surface area contributed by atoms with Crippen molar-refractivity contribution in [2.45, 2.75) is 13.8 Å². The van der Waals surface area contributed by atoms with E-state index < -0.39 is 5.82 Å². The van der Waals surface area contributed by atoms with Crippen molar-refractivity contribution < 1.29 is 14.3 Å². The number of oxime groups is 1. The van der Waals surface area contributed by atoms with Crippen LogP contribution < -0.4 is 4.74 Å². The Labute approximate surface area is 98.5 Å². The van der Waals surface area contributed by atoms with Crippen molar-refractivity contribution in [2.24, 2.45) is 11.1 Å². The lowest BCUT2D eigenvalue weighted by Crippen LogP contribution is -2.08. The fourth-order valence-electron chi connectivity index (χ4n) is 1.13. The molecule has 88 valence electrons. The predicted octanol–water partition coefficient (Wildman–Crippen LogP) is 3.24. The Balaban J connectivity index is 3.03. The van der Waals surface area contributed by atoms with Crippen LogP contribution in [0, 0.1) is 11.7 Å². The minimum absolute atomic E-state index is 0.0210. The summed E-state index contributed by atoms with van der Waals surface area (Å²) in [6, 6.07) is 4.31. The van der Waals surface area contributed by atoms with E-state index in [1.807, 2.05) is 13.8 Å². The molecule has 1 aromatic carbocycles. The van der Waals surface area contributed by atoms with Gasteiger partial charge in [0.05, 0.1) is 12.2 Å². The number of rotatable bonds is 4. The molecule has 5 heteroatoms. The molecule has 0 aliphatic rings. The Morgan fingerprint density at radius 1 is 1.56 bits per heavy atom. The van der Waals surface area contributed by atoms with Gasteiger partial charge in [0.2, 0.25) is 0 Å². The average Bonchev–Trinajstić information content (AvgIpc) is 2.25. The van der Waals surface area contributed by atoms with E-state index in [0.717, 1.165) is 0 Å². The molecule has 0 aliphatic carbocycles. The summed E-state index contributed by atoms with van der Waals surface area (Å²) >= 11 is 5.60. The van der Waals surface area contributed by atoms with Gasteiger partial charge in [0, 0.05) is 0 Å². The first-order chi connectivity index (χ1) is 7.56. The van der Waals surface area contributed by atoms with Crippen molar-refractivity contribution in [3.05, 3.63) is 29.6 Å². The number of benzene rings is 1. The van der Waals surface area contributed by atoms with Crippen LogP contribution in [0.2, 0.25) is 0 Å². The maximum Gasteiger partial charge on any atom is 0.182 e. The molecule has 0 bridgehead atoms. The topological polar surface area (TPSA) is 41.8 Å². The molecule has 0 heterocycles. The van der Waals surface area contributed by atoms with Gasteiger partial charge in [-0.05, 0) is 18.1 Å². The second-order valence-corrected chi connectivity index (χ2v) is 4.07. The molecule has 0 saturated heterocycles. The van der Waals surface area contributed by atoms with Gasteiger partial charge in [0.1, 0.15) is 11.6 Å². The van der Waals surface area contributed by atoms with Crippen LogP contribution in [-0.4, -0.2) is 17.0 Å². The van der Waals surface area contributed by atoms with Gasteiger partial charge in [-0.25, -0.2) is 4.39 Å². The third kappa shape index (κ3) is 3.10. The molecule has 1 rings (SSSR count). The molecular formula is C11H13ClFNO2. The molecule has 0 atom stereocenters. The van der Waals surface area contributed by atoms with Crippen LogP contribution in [0.1, 0.15) is 19.4 Å². The molecule has 1 N–H and O–H groups in total. The summed E-state index contributed by atoms with van der Waals surface area (Å²) in [5, 5.41) is 11.0. The number of hydrogen-bond acceptors (Lipinski definition) is 3. The third-order valence-corrected chi connectivity index (χ3v) is 2.11. The first-order valence-electron chi connectivity index (χ1n) is 4.85. The number of hydrogen-bond donors (Lipinski definition) is 1. The molecule has 0 aromatic heterocycles. The summed E-state index contributed by atoms with van der Waals surface area (Å²) in [4.78, 5) is 0. The van der Waals surface area contributed by atoms with Crippen LogP contribution in [0.15, 0.2) is 23.4 Å². The Morgan fingerprint density at radius 2 is 2.25 bits per heavy atom. The molecule has 16 heavy (non-hydrogen) atoms. The number of nitrogens with zero attached hydrogens (tertiary/aromatic N) is 1. The van der Waals surface area contributed by atoms with Crippen molar-refractivity contribution in [2.75, 3.05) is 6.61 Å². The highest BCUT2D eigenvalue weighted by atomic mass is 35.5. The van der Waals surface area contributed by atoms with Gasteiger partial charge in [-0.15, -0.1) is 0 Å². The quantitative estimate of drug-likeness (QED) is 0.503. The zero-order chi connectivity index (χ0) is 12.1. The molecule has 0 unspecified atom stereocenters. The Bertz CT molecular complexity index is 394. The molecule has 0 radical (unpaired) electrons. The highest BCUT2D eigenvalue weighted by Crippen LogP contribution is 2.24. The van der Waals surface area contributed by atoms with Crippen molar-refractivity contribution in [1.29, 1.82) is 0 Å². The van der Waals surface area contributed by atoms with Crippen LogP contribution in [0.5, 0.6) is 5.75 Å². The van der Waals surface area contributed by atoms with E-state index in [0.29, 0.717) is 12.5 Å². The van der Waals surface area contributed by atoms with E-state index in [4.69, 9.17) is 21.5 Å². The van der Waals surface area contributed by atoms with E-state index >= 15 is 0 Å².